The van der Waals surface area contributed by atoms with Crippen LogP contribution in [0.5, 0.6) is 0 Å². The Balaban J connectivity index is 1.44. The molecular weight excluding hydrogens is 401 g/mol. The highest BCUT2D eigenvalue weighted by Gasteiger charge is 2.27. The number of benzene rings is 1. The van der Waals surface area contributed by atoms with E-state index in [-0.39, 0.29) is 11.8 Å². The van der Waals surface area contributed by atoms with Gasteiger partial charge in [-0.15, -0.1) is 10.2 Å². The summed E-state index contributed by atoms with van der Waals surface area (Å²) < 4.78 is 1.54. The SMILES string of the molecule is O=C(Nc1cccc(Cl)c1Cl)C1CCCN(c2ccc(-n3cncn3)nn2)C1. The van der Waals surface area contributed by atoms with E-state index in [4.69, 9.17) is 23.2 Å². The third kappa shape index (κ3) is 3.93. The van der Waals surface area contributed by atoms with E-state index in [1.165, 1.54) is 11.0 Å². The first kappa shape index (κ1) is 18.6. The number of rotatable bonds is 4. The highest BCUT2D eigenvalue weighted by molar-refractivity contribution is 6.44. The molecule has 1 N–H and O–H groups in total. The maximum Gasteiger partial charge on any atom is 0.229 e. The van der Waals surface area contributed by atoms with E-state index >= 15 is 0 Å². The Bertz CT molecular complexity index is 963. The molecule has 1 saturated heterocycles. The molecular formula is C18H17Cl2N7O. The van der Waals surface area contributed by atoms with Gasteiger partial charge in [0, 0.05) is 13.1 Å². The van der Waals surface area contributed by atoms with Gasteiger partial charge in [0.15, 0.2) is 11.6 Å². The lowest BCUT2D eigenvalue weighted by Crippen LogP contribution is -2.41. The maximum absolute atomic E-state index is 12.7. The molecule has 1 amide bonds. The summed E-state index contributed by atoms with van der Waals surface area (Å²) in [6.07, 6.45) is 4.68. The highest BCUT2D eigenvalue weighted by atomic mass is 35.5. The van der Waals surface area contributed by atoms with Crippen molar-refractivity contribution in [1.29, 1.82) is 0 Å². The predicted octanol–water partition coefficient (Wildman–Crippen LogP) is 3.22. The van der Waals surface area contributed by atoms with Crippen LogP contribution in [0.1, 0.15) is 12.8 Å². The second kappa shape index (κ2) is 8.12. The molecule has 3 heterocycles. The van der Waals surface area contributed by atoms with Crippen molar-refractivity contribution in [3.63, 3.8) is 0 Å². The summed E-state index contributed by atoms with van der Waals surface area (Å²) in [4.78, 5) is 18.7. The molecule has 1 fully saturated rings. The number of amides is 1. The van der Waals surface area contributed by atoms with Crippen molar-refractivity contribution in [3.05, 3.63) is 53.0 Å². The molecule has 8 nitrogen and oxygen atoms in total. The van der Waals surface area contributed by atoms with Gasteiger partial charge >= 0.3 is 0 Å². The second-order valence-corrected chi connectivity index (χ2v) is 7.25. The fourth-order valence-corrected chi connectivity index (χ4v) is 3.52. The summed E-state index contributed by atoms with van der Waals surface area (Å²) in [6, 6.07) is 8.87. The standard InChI is InChI=1S/C18H17Cl2N7O/c19-13-4-1-5-14(17(13)20)23-18(28)12-3-2-8-26(9-12)15-6-7-16(25-24-15)27-11-21-10-22-27/h1,4-7,10-12H,2-3,8-9H2,(H,23,28). The van der Waals surface area contributed by atoms with E-state index in [9.17, 15) is 4.79 Å². The average molecular weight is 418 g/mol. The van der Waals surface area contributed by atoms with Crippen LogP contribution in [0.3, 0.4) is 0 Å². The van der Waals surface area contributed by atoms with Crippen LogP contribution < -0.4 is 10.2 Å². The topological polar surface area (TPSA) is 88.8 Å². The van der Waals surface area contributed by atoms with Gasteiger partial charge in [0.25, 0.3) is 0 Å². The molecule has 0 spiro atoms. The molecule has 2 aromatic heterocycles. The number of aromatic nitrogens is 5. The summed E-state index contributed by atoms with van der Waals surface area (Å²) in [5.74, 6) is 1.05. The van der Waals surface area contributed by atoms with Gasteiger partial charge in [0.1, 0.15) is 12.7 Å². The first-order valence-corrected chi connectivity index (χ1v) is 9.56. The monoisotopic (exact) mass is 417 g/mol. The molecule has 0 aliphatic carbocycles. The summed E-state index contributed by atoms with van der Waals surface area (Å²) >= 11 is 12.2. The smallest absolute Gasteiger partial charge is 0.229 e. The number of halogens is 2. The second-order valence-electron chi connectivity index (χ2n) is 6.47. The molecule has 0 bridgehead atoms. The zero-order valence-electron chi connectivity index (χ0n) is 14.8. The summed E-state index contributed by atoms with van der Waals surface area (Å²) in [7, 11) is 0. The molecule has 0 saturated carbocycles. The van der Waals surface area contributed by atoms with Crippen molar-refractivity contribution in [3.8, 4) is 5.82 Å². The Kier molecular flexibility index (Phi) is 5.40. The van der Waals surface area contributed by atoms with Crippen molar-refractivity contribution in [2.45, 2.75) is 12.8 Å². The maximum atomic E-state index is 12.7. The number of hydrogen-bond donors (Lipinski definition) is 1. The van der Waals surface area contributed by atoms with Crippen LogP contribution in [0.4, 0.5) is 11.5 Å². The zero-order valence-corrected chi connectivity index (χ0v) is 16.3. The first-order valence-electron chi connectivity index (χ1n) is 8.80. The minimum absolute atomic E-state index is 0.0824. The zero-order chi connectivity index (χ0) is 19.5. The predicted molar refractivity (Wildman–Crippen MR) is 107 cm³/mol. The molecule has 4 rings (SSSR count). The molecule has 1 aliphatic heterocycles. The van der Waals surface area contributed by atoms with Crippen molar-refractivity contribution < 1.29 is 4.79 Å². The Morgan fingerprint density at radius 2 is 1.96 bits per heavy atom. The van der Waals surface area contributed by atoms with E-state index in [0.29, 0.717) is 28.1 Å². The lowest BCUT2D eigenvalue weighted by Gasteiger charge is -2.32. The highest BCUT2D eigenvalue weighted by Crippen LogP contribution is 2.30. The summed E-state index contributed by atoms with van der Waals surface area (Å²) in [5, 5.41) is 16.1. The number of carbonyl (C=O) groups is 1. The summed E-state index contributed by atoms with van der Waals surface area (Å²) in [6.45, 7) is 1.38. The largest absolute Gasteiger partial charge is 0.354 e. The first-order chi connectivity index (χ1) is 13.6. The third-order valence-corrected chi connectivity index (χ3v) is 5.43. The van der Waals surface area contributed by atoms with E-state index < -0.39 is 0 Å². The Morgan fingerprint density at radius 3 is 2.71 bits per heavy atom. The van der Waals surface area contributed by atoms with Crippen LogP contribution in [0.15, 0.2) is 43.0 Å². The van der Waals surface area contributed by atoms with Crippen molar-refractivity contribution >= 4 is 40.6 Å². The van der Waals surface area contributed by atoms with Crippen LogP contribution in [-0.2, 0) is 4.79 Å². The summed E-state index contributed by atoms with van der Waals surface area (Å²) in [5.41, 5.74) is 0.522. The van der Waals surface area contributed by atoms with E-state index in [1.807, 2.05) is 12.1 Å². The Hall–Kier alpha value is -2.71. The minimum Gasteiger partial charge on any atom is -0.354 e. The molecule has 0 radical (unpaired) electrons. The molecule has 1 aromatic carbocycles. The van der Waals surface area contributed by atoms with E-state index in [0.717, 1.165) is 25.2 Å². The third-order valence-electron chi connectivity index (χ3n) is 4.62. The molecule has 1 unspecified atom stereocenters. The molecule has 144 valence electrons. The number of carbonyl (C=O) groups excluding carboxylic acids is 1. The lowest BCUT2D eigenvalue weighted by molar-refractivity contribution is -0.120. The fraction of sp³-hybridized carbons (Fsp3) is 0.278. The van der Waals surface area contributed by atoms with Crippen molar-refractivity contribution in [1.82, 2.24) is 25.0 Å². The number of piperidine rings is 1. The molecule has 10 heteroatoms. The van der Waals surface area contributed by atoms with Gasteiger partial charge in [-0.25, -0.2) is 9.67 Å². The Morgan fingerprint density at radius 1 is 1.14 bits per heavy atom. The van der Waals surface area contributed by atoms with Gasteiger partial charge in [-0.2, -0.15) is 5.10 Å². The normalized spacial score (nSPS) is 16.8. The van der Waals surface area contributed by atoms with Gasteiger partial charge in [-0.05, 0) is 37.1 Å². The fourth-order valence-electron chi connectivity index (χ4n) is 3.17. The van der Waals surface area contributed by atoms with Gasteiger partial charge in [0.2, 0.25) is 5.91 Å². The van der Waals surface area contributed by atoms with Gasteiger partial charge in [0.05, 0.1) is 21.7 Å². The van der Waals surface area contributed by atoms with Crippen LogP contribution in [0.25, 0.3) is 5.82 Å². The number of nitrogens with one attached hydrogen (secondary N) is 1. The lowest BCUT2D eigenvalue weighted by atomic mass is 9.97. The molecule has 28 heavy (non-hydrogen) atoms. The van der Waals surface area contributed by atoms with E-state index in [2.05, 4.69) is 30.5 Å². The van der Waals surface area contributed by atoms with E-state index in [1.54, 1.807) is 24.5 Å². The minimum atomic E-state index is -0.180. The van der Waals surface area contributed by atoms with Crippen LogP contribution in [0, 0.1) is 5.92 Å². The van der Waals surface area contributed by atoms with Crippen LogP contribution >= 0.6 is 23.2 Å². The Labute approximate surface area is 171 Å². The molecule has 3 aromatic rings. The van der Waals surface area contributed by atoms with Gasteiger partial charge in [-0.3, -0.25) is 4.79 Å². The average Bonchev–Trinajstić information content (AvgIpc) is 3.26. The van der Waals surface area contributed by atoms with Crippen molar-refractivity contribution in [2.75, 3.05) is 23.3 Å². The molecule has 1 atom stereocenters. The van der Waals surface area contributed by atoms with Crippen LogP contribution in [0.2, 0.25) is 10.0 Å². The van der Waals surface area contributed by atoms with Crippen LogP contribution in [-0.4, -0.2) is 44.0 Å². The van der Waals surface area contributed by atoms with Gasteiger partial charge in [-0.1, -0.05) is 29.3 Å². The number of nitrogens with zero attached hydrogens (tertiary/aromatic N) is 6. The van der Waals surface area contributed by atoms with Crippen molar-refractivity contribution in [2.24, 2.45) is 5.92 Å². The van der Waals surface area contributed by atoms with Gasteiger partial charge < -0.3 is 10.2 Å². The number of hydrogen-bond acceptors (Lipinski definition) is 6. The quantitative estimate of drug-likeness (QED) is 0.700. The molecule has 1 aliphatic rings. The number of anilines is 2.